The van der Waals surface area contributed by atoms with Gasteiger partial charge in [-0.1, -0.05) is 30.3 Å². The quantitative estimate of drug-likeness (QED) is 0.612. The first kappa shape index (κ1) is 18.5. The van der Waals surface area contributed by atoms with Crippen LogP contribution in [-0.2, 0) is 25.6 Å². The summed E-state index contributed by atoms with van der Waals surface area (Å²) in [4.78, 5) is 36.5. The van der Waals surface area contributed by atoms with Gasteiger partial charge >= 0.3 is 18.2 Å². The van der Waals surface area contributed by atoms with Gasteiger partial charge in [0.05, 0.1) is 26.2 Å². The van der Waals surface area contributed by atoms with Crippen molar-refractivity contribution in [2.75, 3.05) is 14.2 Å². The predicted octanol–water partition coefficient (Wildman–Crippen LogP) is 2.73. The summed E-state index contributed by atoms with van der Waals surface area (Å²) in [5.41, 5.74) is -0.384. The lowest BCUT2D eigenvalue weighted by Crippen LogP contribution is -2.52. The minimum absolute atomic E-state index is 0.00146. The number of nitrogens with zero attached hydrogens (tertiary/aromatic N) is 1. The van der Waals surface area contributed by atoms with E-state index >= 15 is 0 Å². The molecule has 1 aromatic rings. The number of carbonyl (C=O) groups excluding carboxylic acids is 3. The van der Waals surface area contributed by atoms with Crippen LogP contribution in [0.1, 0.15) is 25.8 Å². The molecule has 0 aliphatic carbocycles. The van der Waals surface area contributed by atoms with Crippen LogP contribution in [-0.4, -0.2) is 42.8 Å². The van der Waals surface area contributed by atoms with Crippen molar-refractivity contribution in [2.45, 2.75) is 32.4 Å². The molecule has 0 saturated carbocycles. The van der Waals surface area contributed by atoms with Crippen molar-refractivity contribution >= 4 is 18.2 Å². The van der Waals surface area contributed by atoms with Crippen LogP contribution in [0.5, 0.6) is 0 Å². The highest BCUT2D eigenvalue weighted by Crippen LogP contribution is 2.22. The fourth-order valence-corrected chi connectivity index (χ4v) is 1.95. The third kappa shape index (κ3) is 5.28. The number of esters is 1. The fourth-order valence-electron chi connectivity index (χ4n) is 1.95. The van der Waals surface area contributed by atoms with Crippen molar-refractivity contribution in [1.82, 2.24) is 4.90 Å². The number of imide groups is 1. The Morgan fingerprint density at radius 2 is 1.61 bits per heavy atom. The molecule has 0 N–H and O–H groups in total. The molecule has 0 atom stereocenters. The summed E-state index contributed by atoms with van der Waals surface area (Å²) in [6.07, 6.45) is -1.98. The lowest BCUT2D eigenvalue weighted by atomic mass is 9.99. The molecule has 0 aromatic heterocycles. The van der Waals surface area contributed by atoms with Crippen molar-refractivity contribution in [3.63, 3.8) is 0 Å². The Morgan fingerprint density at radius 3 is 2.13 bits per heavy atom. The molecule has 126 valence electrons. The number of methoxy groups -OCH3 is 2. The average Bonchev–Trinajstić information content (AvgIpc) is 2.53. The van der Waals surface area contributed by atoms with Crippen LogP contribution in [0.15, 0.2) is 30.3 Å². The number of hydrogen-bond acceptors (Lipinski definition) is 6. The van der Waals surface area contributed by atoms with Gasteiger partial charge in [-0.25, -0.2) is 14.5 Å². The zero-order valence-corrected chi connectivity index (χ0v) is 13.7. The first-order chi connectivity index (χ1) is 10.8. The number of benzene rings is 1. The van der Waals surface area contributed by atoms with Gasteiger partial charge in [-0.3, -0.25) is 4.79 Å². The minimum atomic E-state index is -1.16. The molecular weight excluding hydrogens is 302 g/mol. The molecular formula is C16H21NO6. The molecule has 23 heavy (non-hydrogen) atoms. The lowest BCUT2D eigenvalue weighted by molar-refractivity contribution is -0.142. The van der Waals surface area contributed by atoms with Gasteiger partial charge in [0.2, 0.25) is 0 Å². The van der Waals surface area contributed by atoms with Gasteiger partial charge in [0.1, 0.15) is 6.61 Å². The largest absolute Gasteiger partial charge is 0.469 e. The lowest BCUT2D eigenvalue weighted by Gasteiger charge is -2.33. The second-order valence-electron chi connectivity index (χ2n) is 5.41. The standard InChI is InChI=1S/C16H21NO6/c1-16(2,10-13(18)21-3)17(14(19)22-4)15(20)23-11-12-8-6-5-7-9-12/h5-9H,10-11H2,1-4H3. The zero-order valence-electron chi connectivity index (χ0n) is 13.7. The Balaban J connectivity index is 2.86. The van der Waals surface area contributed by atoms with Gasteiger partial charge < -0.3 is 14.2 Å². The van der Waals surface area contributed by atoms with E-state index in [0.29, 0.717) is 0 Å². The number of carbonyl (C=O) groups is 3. The molecule has 1 aromatic carbocycles. The topological polar surface area (TPSA) is 82.1 Å². The summed E-state index contributed by atoms with van der Waals surface area (Å²) in [6.45, 7) is 3.09. The summed E-state index contributed by atoms with van der Waals surface area (Å²) in [6, 6.07) is 9.03. The van der Waals surface area contributed by atoms with Crippen molar-refractivity contribution in [3.8, 4) is 0 Å². The third-order valence-corrected chi connectivity index (χ3v) is 3.15. The van der Waals surface area contributed by atoms with Crippen LogP contribution in [0.2, 0.25) is 0 Å². The van der Waals surface area contributed by atoms with Gasteiger partial charge in [0, 0.05) is 0 Å². The fraction of sp³-hybridized carbons (Fsp3) is 0.438. The third-order valence-electron chi connectivity index (χ3n) is 3.15. The number of amides is 2. The SMILES string of the molecule is COC(=O)CC(C)(C)N(C(=O)OC)C(=O)OCc1ccccc1. The Hall–Kier alpha value is -2.57. The highest BCUT2D eigenvalue weighted by molar-refractivity contribution is 5.89. The first-order valence-corrected chi connectivity index (χ1v) is 6.97. The normalized spacial score (nSPS) is 10.6. The predicted molar refractivity (Wildman–Crippen MR) is 81.6 cm³/mol. The second kappa shape index (κ2) is 8.17. The highest BCUT2D eigenvalue weighted by Gasteiger charge is 2.40. The Morgan fingerprint density at radius 1 is 1.00 bits per heavy atom. The maximum Gasteiger partial charge on any atom is 0.420 e. The van der Waals surface area contributed by atoms with E-state index in [1.165, 1.54) is 7.11 Å². The Kier molecular flexibility index (Phi) is 6.56. The molecule has 0 saturated heterocycles. The molecule has 0 spiro atoms. The molecule has 0 bridgehead atoms. The van der Waals surface area contributed by atoms with Crippen LogP contribution in [0, 0.1) is 0 Å². The summed E-state index contributed by atoms with van der Waals surface area (Å²) >= 11 is 0. The van der Waals surface area contributed by atoms with E-state index in [-0.39, 0.29) is 13.0 Å². The van der Waals surface area contributed by atoms with E-state index in [4.69, 9.17) is 4.74 Å². The molecule has 0 aliphatic heterocycles. The highest BCUT2D eigenvalue weighted by atomic mass is 16.6. The van der Waals surface area contributed by atoms with Crippen molar-refractivity contribution in [1.29, 1.82) is 0 Å². The van der Waals surface area contributed by atoms with Crippen LogP contribution in [0.25, 0.3) is 0 Å². The smallest absolute Gasteiger partial charge is 0.420 e. The van der Waals surface area contributed by atoms with E-state index in [1.807, 2.05) is 18.2 Å². The molecule has 2 amide bonds. The van der Waals surface area contributed by atoms with Crippen LogP contribution in [0.3, 0.4) is 0 Å². The minimum Gasteiger partial charge on any atom is -0.469 e. The van der Waals surface area contributed by atoms with Gasteiger partial charge in [-0.05, 0) is 19.4 Å². The molecule has 1 rings (SSSR count). The Labute approximate surface area is 135 Å². The van der Waals surface area contributed by atoms with Gasteiger partial charge in [-0.15, -0.1) is 0 Å². The summed E-state index contributed by atoms with van der Waals surface area (Å²) in [5, 5.41) is 0. The number of hydrogen-bond donors (Lipinski definition) is 0. The summed E-state index contributed by atoms with van der Waals surface area (Å²) < 4.78 is 14.4. The molecule has 0 fully saturated rings. The van der Waals surface area contributed by atoms with Gasteiger partial charge in [0.25, 0.3) is 0 Å². The Bertz CT molecular complexity index is 555. The average molecular weight is 323 g/mol. The van der Waals surface area contributed by atoms with Crippen LogP contribution in [0.4, 0.5) is 9.59 Å². The van der Waals surface area contributed by atoms with E-state index in [0.717, 1.165) is 17.6 Å². The maximum absolute atomic E-state index is 12.3. The van der Waals surface area contributed by atoms with Crippen LogP contribution < -0.4 is 0 Å². The van der Waals surface area contributed by atoms with E-state index < -0.39 is 23.7 Å². The second-order valence-corrected chi connectivity index (χ2v) is 5.41. The molecule has 0 unspecified atom stereocenters. The van der Waals surface area contributed by atoms with Crippen molar-refractivity contribution in [2.24, 2.45) is 0 Å². The van der Waals surface area contributed by atoms with E-state index in [2.05, 4.69) is 9.47 Å². The van der Waals surface area contributed by atoms with Gasteiger partial charge in [-0.2, -0.15) is 0 Å². The summed E-state index contributed by atoms with van der Waals surface area (Å²) in [5.74, 6) is -0.556. The molecule has 0 aliphatic rings. The first-order valence-electron chi connectivity index (χ1n) is 6.97. The van der Waals surface area contributed by atoms with Crippen molar-refractivity contribution < 1.29 is 28.6 Å². The zero-order chi connectivity index (χ0) is 17.5. The monoisotopic (exact) mass is 323 g/mol. The van der Waals surface area contributed by atoms with Gasteiger partial charge in [0.15, 0.2) is 0 Å². The molecule has 7 nitrogen and oxygen atoms in total. The molecule has 7 heteroatoms. The summed E-state index contributed by atoms with van der Waals surface area (Å²) in [7, 11) is 2.38. The van der Waals surface area contributed by atoms with E-state index in [1.54, 1.807) is 26.0 Å². The number of rotatable bonds is 5. The maximum atomic E-state index is 12.3. The van der Waals surface area contributed by atoms with Crippen molar-refractivity contribution in [3.05, 3.63) is 35.9 Å². The molecule has 0 radical (unpaired) electrons. The molecule has 0 heterocycles. The van der Waals surface area contributed by atoms with Crippen LogP contribution >= 0.6 is 0 Å². The van der Waals surface area contributed by atoms with E-state index in [9.17, 15) is 14.4 Å². The number of ether oxygens (including phenoxy) is 3.